The van der Waals surface area contributed by atoms with E-state index in [2.05, 4.69) is 15.8 Å². The SMILES string of the molecule is CC1(C)SC(=O)NN=C1c1ccc2c(c1)C(C)(C)C(=O)N2. The largest absolute Gasteiger partial charge is 0.325 e. The number of hydrazone groups is 1. The maximum Gasteiger partial charge on any atom is 0.300 e. The highest BCUT2D eigenvalue weighted by Gasteiger charge is 2.40. The highest BCUT2D eigenvalue weighted by molar-refractivity contribution is 8.15. The average molecular weight is 303 g/mol. The van der Waals surface area contributed by atoms with E-state index in [4.69, 9.17) is 0 Å². The molecule has 2 N–H and O–H groups in total. The molecule has 3 rings (SSSR count). The van der Waals surface area contributed by atoms with Crippen LogP contribution in [0.1, 0.15) is 38.8 Å². The van der Waals surface area contributed by atoms with Gasteiger partial charge in [-0.15, -0.1) is 0 Å². The van der Waals surface area contributed by atoms with Gasteiger partial charge in [-0.2, -0.15) is 5.10 Å². The fourth-order valence-corrected chi connectivity index (χ4v) is 3.48. The standard InChI is InChI=1S/C15H17N3O2S/c1-14(2)9-7-8(5-6-10(9)16-12(14)19)11-15(3,4)21-13(20)18-17-11/h5-7H,1-4H3,(H,16,19)(H,18,20). The Hall–Kier alpha value is -1.82. The summed E-state index contributed by atoms with van der Waals surface area (Å²) in [6.07, 6.45) is 0. The summed E-state index contributed by atoms with van der Waals surface area (Å²) in [7, 11) is 0. The molecule has 1 aromatic carbocycles. The number of fused-ring (bicyclic) bond motifs is 1. The predicted molar refractivity (Wildman–Crippen MR) is 84.8 cm³/mol. The number of anilines is 1. The van der Waals surface area contributed by atoms with Crippen molar-refractivity contribution in [3.05, 3.63) is 29.3 Å². The minimum Gasteiger partial charge on any atom is -0.325 e. The van der Waals surface area contributed by atoms with E-state index >= 15 is 0 Å². The van der Waals surface area contributed by atoms with Gasteiger partial charge in [0.15, 0.2) is 0 Å². The van der Waals surface area contributed by atoms with Crippen LogP contribution in [-0.2, 0) is 10.2 Å². The lowest BCUT2D eigenvalue weighted by Crippen LogP contribution is -2.38. The molecule has 0 radical (unpaired) electrons. The number of thioether (sulfide) groups is 1. The highest BCUT2D eigenvalue weighted by atomic mass is 32.2. The molecule has 1 aromatic rings. The summed E-state index contributed by atoms with van der Waals surface area (Å²) in [5, 5.41) is 6.96. The summed E-state index contributed by atoms with van der Waals surface area (Å²) in [4.78, 5) is 23.5. The van der Waals surface area contributed by atoms with Crippen molar-refractivity contribution in [2.75, 3.05) is 5.32 Å². The normalized spacial score (nSPS) is 22.2. The lowest BCUT2D eigenvalue weighted by Gasteiger charge is -2.29. The van der Waals surface area contributed by atoms with Crippen LogP contribution in [0.3, 0.4) is 0 Å². The van der Waals surface area contributed by atoms with Crippen molar-refractivity contribution in [1.29, 1.82) is 0 Å². The number of nitrogens with zero attached hydrogens (tertiary/aromatic N) is 1. The number of amides is 2. The van der Waals surface area contributed by atoms with Crippen LogP contribution >= 0.6 is 11.8 Å². The second kappa shape index (κ2) is 4.34. The number of carbonyl (C=O) groups is 2. The van der Waals surface area contributed by atoms with Crippen molar-refractivity contribution in [3.63, 3.8) is 0 Å². The van der Waals surface area contributed by atoms with E-state index in [1.165, 1.54) is 11.8 Å². The third-order valence-corrected chi connectivity index (χ3v) is 4.94. The first-order valence-electron chi connectivity index (χ1n) is 6.75. The topological polar surface area (TPSA) is 70.6 Å². The fraction of sp³-hybridized carbons (Fsp3) is 0.400. The zero-order chi connectivity index (χ0) is 15.4. The van der Waals surface area contributed by atoms with E-state index in [-0.39, 0.29) is 11.1 Å². The number of hydrogen-bond acceptors (Lipinski definition) is 4. The van der Waals surface area contributed by atoms with Gasteiger partial charge in [-0.05, 0) is 51.0 Å². The molecule has 0 saturated carbocycles. The van der Waals surface area contributed by atoms with E-state index in [0.29, 0.717) is 0 Å². The van der Waals surface area contributed by atoms with Gasteiger partial charge in [-0.3, -0.25) is 9.59 Å². The Labute approximate surface area is 127 Å². The van der Waals surface area contributed by atoms with E-state index in [9.17, 15) is 9.59 Å². The minimum absolute atomic E-state index is 0.00201. The number of nitrogens with one attached hydrogen (secondary N) is 2. The molecule has 0 fully saturated rings. The molecule has 2 amide bonds. The number of rotatable bonds is 1. The first kappa shape index (κ1) is 14.1. The van der Waals surface area contributed by atoms with Crippen molar-refractivity contribution in [1.82, 2.24) is 5.43 Å². The van der Waals surface area contributed by atoms with E-state index in [1.807, 2.05) is 45.9 Å². The zero-order valence-corrected chi connectivity index (χ0v) is 13.2. The summed E-state index contributed by atoms with van der Waals surface area (Å²) in [5.41, 5.74) is 5.51. The van der Waals surface area contributed by atoms with E-state index < -0.39 is 10.2 Å². The third kappa shape index (κ3) is 2.14. The summed E-state index contributed by atoms with van der Waals surface area (Å²) in [5.74, 6) is 0.00201. The lowest BCUT2D eigenvalue weighted by molar-refractivity contribution is -0.119. The first-order valence-corrected chi connectivity index (χ1v) is 7.57. The number of hydrogen-bond donors (Lipinski definition) is 2. The molecule has 21 heavy (non-hydrogen) atoms. The Morgan fingerprint density at radius 3 is 2.52 bits per heavy atom. The van der Waals surface area contributed by atoms with Crippen LogP contribution in [-0.4, -0.2) is 21.6 Å². The van der Waals surface area contributed by atoms with Crippen LogP contribution in [0.2, 0.25) is 0 Å². The van der Waals surface area contributed by atoms with E-state index in [1.54, 1.807) is 0 Å². The molecular weight excluding hydrogens is 286 g/mol. The Morgan fingerprint density at radius 2 is 1.86 bits per heavy atom. The Kier molecular flexibility index (Phi) is 2.92. The Morgan fingerprint density at radius 1 is 1.14 bits per heavy atom. The van der Waals surface area contributed by atoms with Gasteiger partial charge in [0.05, 0.1) is 15.9 Å². The molecule has 5 nitrogen and oxygen atoms in total. The predicted octanol–water partition coefficient (Wildman–Crippen LogP) is 2.86. The molecule has 0 atom stereocenters. The van der Waals surface area contributed by atoms with Gasteiger partial charge < -0.3 is 5.32 Å². The molecule has 110 valence electrons. The number of benzene rings is 1. The molecule has 2 heterocycles. The highest BCUT2D eigenvalue weighted by Crippen LogP contribution is 2.39. The Bertz CT molecular complexity index is 692. The van der Waals surface area contributed by atoms with Gasteiger partial charge >= 0.3 is 0 Å². The molecule has 2 aliphatic rings. The van der Waals surface area contributed by atoms with Crippen molar-refractivity contribution in [3.8, 4) is 0 Å². The molecule has 2 aliphatic heterocycles. The van der Waals surface area contributed by atoms with Crippen LogP contribution < -0.4 is 10.7 Å². The zero-order valence-electron chi connectivity index (χ0n) is 12.4. The second-order valence-corrected chi connectivity index (χ2v) is 7.91. The van der Waals surface area contributed by atoms with Crippen molar-refractivity contribution in [2.45, 2.75) is 37.9 Å². The molecule has 0 spiro atoms. The molecule has 0 aromatic heterocycles. The van der Waals surface area contributed by atoms with Gasteiger partial charge in [0.1, 0.15) is 0 Å². The fourth-order valence-electron chi connectivity index (χ4n) is 2.67. The van der Waals surface area contributed by atoms with Crippen LogP contribution in [0.15, 0.2) is 23.3 Å². The summed E-state index contributed by atoms with van der Waals surface area (Å²) in [6.45, 7) is 7.75. The van der Waals surface area contributed by atoms with Gasteiger partial charge in [-0.25, -0.2) is 5.43 Å². The number of carbonyl (C=O) groups excluding carboxylic acids is 2. The van der Waals surface area contributed by atoms with Crippen LogP contribution in [0, 0.1) is 0 Å². The van der Waals surface area contributed by atoms with Gasteiger partial charge in [0.25, 0.3) is 5.24 Å². The van der Waals surface area contributed by atoms with Crippen LogP contribution in [0.4, 0.5) is 10.5 Å². The molecule has 0 saturated heterocycles. The molecular formula is C15H17N3O2S. The molecule has 0 aliphatic carbocycles. The third-order valence-electron chi connectivity index (χ3n) is 3.96. The quantitative estimate of drug-likeness (QED) is 0.838. The summed E-state index contributed by atoms with van der Waals surface area (Å²) in [6, 6.07) is 5.82. The molecule has 6 heteroatoms. The Balaban J connectivity index is 2.09. The molecule has 0 unspecified atom stereocenters. The summed E-state index contributed by atoms with van der Waals surface area (Å²) < 4.78 is -0.406. The minimum atomic E-state index is -0.554. The summed E-state index contributed by atoms with van der Waals surface area (Å²) >= 11 is 1.22. The maximum absolute atomic E-state index is 12.0. The second-order valence-electron chi connectivity index (χ2n) is 6.31. The van der Waals surface area contributed by atoms with Crippen LogP contribution in [0.25, 0.3) is 0 Å². The van der Waals surface area contributed by atoms with Crippen LogP contribution in [0.5, 0.6) is 0 Å². The first-order chi connectivity index (χ1) is 9.72. The smallest absolute Gasteiger partial charge is 0.300 e. The van der Waals surface area contributed by atoms with E-state index in [0.717, 1.165) is 22.5 Å². The monoisotopic (exact) mass is 303 g/mol. The van der Waals surface area contributed by atoms with Gasteiger partial charge in [-0.1, -0.05) is 17.8 Å². The maximum atomic E-state index is 12.0. The van der Waals surface area contributed by atoms with Crippen molar-refractivity contribution < 1.29 is 9.59 Å². The van der Waals surface area contributed by atoms with Crippen molar-refractivity contribution in [2.24, 2.45) is 5.10 Å². The van der Waals surface area contributed by atoms with Crippen molar-refractivity contribution >= 4 is 34.3 Å². The lowest BCUT2D eigenvalue weighted by atomic mass is 9.84. The van der Waals surface area contributed by atoms with Gasteiger partial charge in [0.2, 0.25) is 5.91 Å². The molecule has 0 bridgehead atoms. The average Bonchev–Trinajstić information content (AvgIpc) is 2.59. The van der Waals surface area contributed by atoms with Gasteiger partial charge in [0, 0.05) is 5.69 Å².